The Morgan fingerprint density at radius 2 is 1.66 bits per heavy atom. The van der Waals surface area contributed by atoms with Gasteiger partial charge in [-0.05, 0) is 48.6 Å². The molecule has 1 aliphatic heterocycles. The molecule has 4 atom stereocenters. The standard InChI is InChI=1S/C37H46O4/c1-6-7-8-15-20-34-31(27-16-11-9-12-17-27)24-30(26(2)3)36(41-34)32-23-29(21-22-33(32)40-25-35(38)39)37(4,5)28-18-13-10-14-19-28/h9-14,16-19,21-23,30-31,34,36H,2,6-8,15,20,24-25H2,1,3-5H3,(H,38,39)/t30-,31-,34+,36+/m1/s1. The molecular formula is C37H46O4. The maximum atomic E-state index is 11.5. The Bertz CT molecular complexity index is 1280. The maximum Gasteiger partial charge on any atom is 0.341 e. The van der Waals surface area contributed by atoms with Crippen molar-refractivity contribution in [2.24, 2.45) is 5.92 Å². The van der Waals surface area contributed by atoms with E-state index in [0.717, 1.165) is 36.0 Å². The Labute approximate surface area is 246 Å². The molecular weight excluding hydrogens is 508 g/mol. The van der Waals surface area contributed by atoms with Crippen molar-refractivity contribution in [1.29, 1.82) is 0 Å². The molecule has 0 bridgehead atoms. The normalized spacial score (nSPS) is 20.9. The SMILES string of the molecule is C=C(C)[C@H]1C[C@H](c2ccccc2)[C@H](CCCCCC)O[C@@H]1c1cc(C(C)(C)c2ccccc2)ccc1OCC(=O)O. The van der Waals surface area contributed by atoms with E-state index in [9.17, 15) is 9.90 Å². The van der Waals surface area contributed by atoms with E-state index in [4.69, 9.17) is 9.47 Å². The van der Waals surface area contributed by atoms with Crippen molar-refractivity contribution in [3.05, 3.63) is 113 Å². The lowest BCUT2D eigenvalue weighted by atomic mass is 9.73. The topological polar surface area (TPSA) is 55.8 Å². The number of benzene rings is 3. The van der Waals surface area contributed by atoms with Gasteiger partial charge in [0.05, 0.1) is 12.2 Å². The van der Waals surface area contributed by atoms with Crippen molar-refractivity contribution in [2.75, 3.05) is 6.61 Å². The smallest absolute Gasteiger partial charge is 0.341 e. The average Bonchev–Trinajstić information content (AvgIpc) is 2.98. The Hall–Kier alpha value is -3.37. The third-order valence-electron chi connectivity index (χ3n) is 8.73. The Kier molecular flexibility index (Phi) is 10.4. The predicted molar refractivity (Wildman–Crippen MR) is 167 cm³/mol. The number of carboxylic acids is 1. The molecule has 4 nitrogen and oxygen atoms in total. The van der Waals surface area contributed by atoms with Crippen molar-refractivity contribution in [2.45, 2.75) is 89.8 Å². The van der Waals surface area contributed by atoms with E-state index in [1.807, 2.05) is 12.1 Å². The third-order valence-corrected chi connectivity index (χ3v) is 8.73. The van der Waals surface area contributed by atoms with Crippen LogP contribution in [0.4, 0.5) is 0 Å². The van der Waals surface area contributed by atoms with Gasteiger partial charge in [0, 0.05) is 22.8 Å². The lowest BCUT2D eigenvalue weighted by Crippen LogP contribution is -2.36. The summed E-state index contributed by atoms with van der Waals surface area (Å²) in [4.78, 5) is 11.5. The van der Waals surface area contributed by atoms with Crippen LogP contribution < -0.4 is 4.74 Å². The van der Waals surface area contributed by atoms with E-state index in [1.165, 1.54) is 30.4 Å². The highest BCUT2D eigenvalue weighted by Crippen LogP contribution is 2.50. The van der Waals surface area contributed by atoms with E-state index in [1.54, 1.807) is 0 Å². The largest absolute Gasteiger partial charge is 0.482 e. The summed E-state index contributed by atoms with van der Waals surface area (Å²) in [5.74, 6) is -0.0970. The highest BCUT2D eigenvalue weighted by Gasteiger charge is 2.41. The highest BCUT2D eigenvalue weighted by molar-refractivity contribution is 5.68. The second-order valence-electron chi connectivity index (χ2n) is 12.1. The van der Waals surface area contributed by atoms with Crippen LogP contribution in [0, 0.1) is 5.92 Å². The van der Waals surface area contributed by atoms with Crippen LogP contribution in [0.2, 0.25) is 0 Å². The fourth-order valence-electron chi connectivity index (χ4n) is 6.22. The quantitative estimate of drug-likeness (QED) is 0.169. The van der Waals surface area contributed by atoms with E-state index < -0.39 is 12.6 Å². The second kappa shape index (κ2) is 14.0. The van der Waals surface area contributed by atoms with Gasteiger partial charge in [-0.2, -0.15) is 0 Å². The number of rotatable bonds is 13. The Balaban J connectivity index is 1.77. The molecule has 1 N–H and O–H groups in total. The molecule has 3 aromatic carbocycles. The first-order chi connectivity index (χ1) is 19.7. The molecule has 0 aliphatic carbocycles. The summed E-state index contributed by atoms with van der Waals surface area (Å²) in [6, 6.07) is 27.3. The average molecular weight is 555 g/mol. The zero-order valence-corrected chi connectivity index (χ0v) is 25.1. The fourth-order valence-corrected chi connectivity index (χ4v) is 6.22. The van der Waals surface area contributed by atoms with Gasteiger partial charge in [-0.15, -0.1) is 0 Å². The zero-order valence-electron chi connectivity index (χ0n) is 25.1. The minimum Gasteiger partial charge on any atom is -0.482 e. The van der Waals surface area contributed by atoms with E-state index in [2.05, 4.69) is 101 Å². The van der Waals surface area contributed by atoms with Gasteiger partial charge < -0.3 is 14.6 Å². The van der Waals surface area contributed by atoms with Gasteiger partial charge in [0.25, 0.3) is 0 Å². The van der Waals surface area contributed by atoms with Gasteiger partial charge >= 0.3 is 5.97 Å². The van der Waals surface area contributed by atoms with Crippen LogP contribution in [-0.2, 0) is 14.9 Å². The van der Waals surface area contributed by atoms with Crippen LogP contribution in [0.3, 0.4) is 0 Å². The first-order valence-corrected chi connectivity index (χ1v) is 15.1. The molecule has 0 spiro atoms. The molecule has 0 saturated carbocycles. The van der Waals surface area contributed by atoms with Crippen LogP contribution >= 0.6 is 0 Å². The van der Waals surface area contributed by atoms with E-state index in [0.29, 0.717) is 5.75 Å². The number of carbonyl (C=O) groups is 1. The lowest BCUT2D eigenvalue weighted by molar-refractivity contribution is -0.139. The summed E-state index contributed by atoms with van der Waals surface area (Å²) in [7, 11) is 0. The van der Waals surface area contributed by atoms with Crippen molar-refractivity contribution >= 4 is 5.97 Å². The molecule has 0 unspecified atom stereocenters. The molecule has 1 saturated heterocycles. The monoisotopic (exact) mass is 554 g/mol. The number of aliphatic carboxylic acids is 1. The molecule has 4 rings (SSSR count). The van der Waals surface area contributed by atoms with Gasteiger partial charge in [-0.25, -0.2) is 4.79 Å². The highest BCUT2D eigenvalue weighted by atomic mass is 16.5. The van der Waals surface area contributed by atoms with E-state index >= 15 is 0 Å². The molecule has 4 heteroatoms. The van der Waals surface area contributed by atoms with Crippen LogP contribution in [0.15, 0.2) is 91.0 Å². The first-order valence-electron chi connectivity index (χ1n) is 15.1. The predicted octanol–water partition coefficient (Wildman–Crippen LogP) is 9.25. The van der Waals surface area contributed by atoms with Crippen LogP contribution in [0.1, 0.15) is 100 Å². The van der Waals surface area contributed by atoms with Gasteiger partial charge in [0.15, 0.2) is 6.61 Å². The summed E-state index contributed by atoms with van der Waals surface area (Å²) in [5.41, 5.74) is 5.36. The molecule has 1 aliphatic rings. The molecule has 0 radical (unpaired) electrons. The molecule has 0 amide bonds. The number of hydrogen-bond acceptors (Lipinski definition) is 3. The molecule has 1 fully saturated rings. The molecule has 1 heterocycles. The van der Waals surface area contributed by atoms with Crippen molar-refractivity contribution < 1.29 is 19.4 Å². The number of ether oxygens (including phenoxy) is 2. The van der Waals surface area contributed by atoms with Crippen LogP contribution in [0.25, 0.3) is 0 Å². The minimum atomic E-state index is -0.997. The Morgan fingerprint density at radius 1 is 0.976 bits per heavy atom. The number of hydrogen-bond donors (Lipinski definition) is 1. The minimum absolute atomic E-state index is 0.0490. The lowest BCUT2D eigenvalue weighted by Gasteiger charge is -2.43. The van der Waals surface area contributed by atoms with Gasteiger partial charge in [0.2, 0.25) is 0 Å². The van der Waals surface area contributed by atoms with Crippen molar-refractivity contribution in [1.82, 2.24) is 0 Å². The summed E-state index contributed by atoms with van der Waals surface area (Å²) in [6.45, 7) is 12.8. The maximum absolute atomic E-state index is 11.5. The molecule has 41 heavy (non-hydrogen) atoms. The fraction of sp³-hybridized carbons (Fsp3) is 0.432. The third kappa shape index (κ3) is 7.48. The number of unbranched alkanes of at least 4 members (excludes halogenated alkanes) is 3. The van der Waals surface area contributed by atoms with Gasteiger partial charge in [-0.3, -0.25) is 0 Å². The second-order valence-corrected chi connectivity index (χ2v) is 12.1. The first kappa shape index (κ1) is 30.6. The molecule has 3 aromatic rings. The van der Waals surface area contributed by atoms with Crippen molar-refractivity contribution in [3.63, 3.8) is 0 Å². The summed E-state index contributed by atoms with van der Waals surface area (Å²) in [5, 5.41) is 9.42. The van der Waals surface area contributed by atoms with Crippen LogP contribution in [0.5, 0.6) is 5.75 Å². The zero-order chi connectivity index (χ0) is 29.4. The summed E-state index contributed by atoms with van der Waals surface area (Å²) < 4.78 is 13.0. The molecule has 218 valence electrons. The summed E-state index contributed by atoms with van der Waals surface area (Å²) >= 11 is 0. The van der Waals surface area contributed by atoms with Crippen LogP contribution in [-0.4, -0.2) is 23.8 Å². The van der Waals surface area contributed by atoms with Gasteiger partial charge in [-0.1, -0.05) is 125 Å². The van der Waals surface area contributed by atoms with Crippen molar-refractivity contribution in [3.8, 4) is 5.75 Å². The summed E-state index contributed by atoms with van der Waals surface area (Å²) in [6.07, 6.45) is 6.42. The Morgan fingerprint density at radius 3 is 2.29 bits per heavy atom. The van der Waals surface area contributed by atoms with Gasteiger partial charge in [0.1, 0.15) is 5.75 Å². The molecule has 0 aromatic heterocycles. The number of carboxylic acid groups (broad SMARTS) is 1. The van der Waals surface area contributed by atoms with E-state index in [-0.39, 0.29) is 29.5 Å².